The van der Waals surface area contributed by atoms with Gasteiger partial charge in [-0.3, -0.25) is 4.79 Å². The highest BCUT2D eigenvalue weighted by Crippen LogP contribution is 2.33. The van der Waals surface area contributed by atoms with Gasteiger partial charge in [-0.1, -0.05) is 47.5 Å². The smallest absolute Gasteiger partial charge is 0.183 e. The maximum atomic E-state index is 12.8. The molecule has 3 rings (SSSR count). The third kappa shape index (κ3) is 2.77. The molecule has 2 atom stereocenters. The van der Waals surface area contributed by atoms with E-state index in [9.17, 15) is 4.79 Å². The quantitative estimate of drug-likeness (QED) is 0.444. The van der Waals surface area contributed by atoms with E-state index >= 15 is 0 Å². The lowest BCUT2D eigenvalue weighted by Crippen LogP contribution is -2.33. The second-order valence-electron chi connectivity index (χ2n) is 5.82. The van der Waals surface area contributed by atoms with Gasteiger partial charge in [-0.05, 0) is 42.3 Å². The van der Waals surface area contributed by atoms with E-state index in [1.807, 2.05) is 30.4 Å². The maximum absolute atomic E-state index is 12.8. The summed E-state index contributed by atoms with van der Waals surface area (Å²) in [4.78, 5) is 15.2. The fourth-order valence-corrected chi connectivity index (χ4v) is 6.13. The van der Waals surface area contributed by atoms with Crippen molar-refractivity contribution in [2.24, 2.45) is 11.8 Å². The molecule has 0 bridgehead atoms. The second kappa shape index (κ2) is 5.75. The van der Waals surface area contributed by atoms with E-state index in [-0.39, 0.29) is 11.7 Å². The van der Waals surface area contributed by atoms with Gasteiger partial charge < -0.3 is 0 Å². The highest BCUT2D eigenvalue weighted by Gasteiger charge is 2.37. The largest absolute Gasteiger partial charge is 0.293 e. The predicted octanol–water partition coefficient (Wildman–Crippen LogP) is 4.38. The Morgan fingerprint density at radius 3 is 2.71 bits per heavy atom. The summed E-state index contributed by atoms with van der Waals surface area (Å²) in [5.41, 5.74) is 0.777. The standard InChI is InChI=1S/C17H16Cl2OS/c1-10(2)9-21-15-5-3-11(18)7-13(15)17(20)14-8-12(19)4-6-16(14)21/h3-8,10,13H,9H2,1-2H3/p+1. The minimum Gasteiger partial charge on any atom is -0.293 e. The highest BCUT2D eigenvalue weighted by molar-refractivity contribution is 7.97. The van der Waals surface area contributed by atoms with Gasteiger partial charge in [-0.15, -0.1) is 0 Å². The van der Waals surface area contributed by atoms with Crippen molar-refractivity contribution >= 4 is 44.3 Å². The van der Waals surface area contributed by atoms with Crippen LogP contribution in [0.15, 0.2) is 46.4 Å². The van der Waals surface area contributed by atoms with Crippen LogP contribution in [0.1, 0.15) is 24.2 Å². The van der Waals surface area contributed by atoms with Gasteiger partial charge in [0.1, 0.15) is 15.7 Å². The molecule has 0 aromatic heterocycles. The first-order valence-corrected chi connectivity index (χ1v) is 9.29. The van der Waals surface area contributed by atoms with E-state index in [1.165, 1.54) is 4.86 Å². The Morgan fingerprint density at radius 2 is 2.00 bits per heavy atom. The fraction of sp³-hybridized carbons (Fsp3) is 0.294. The second-order valence-corrected chi connectivity index (χ2v) is 8.91. The minimum absolute atomic E-state index is 0.118. The van der Waals surface area contributed by atoms with E-state index in [0.29, 0.717) is 16.0 Å². The highest BCUT2D eigenvalue weighted by atomic mass is 35.5. The number of fused-ring (bicyclic) bond motifs is 2. The molecule has 21 heavy (non-hydrogen) atoms. The molecule has 0 fully saturated rings. The first kappa shape index (κ1) is 15.1. The topological polar surface area (TPSA) is 17.1 Å². The van der Waals surface area contributed by atoms with Gasteiger partial charge in [0.15, 0.2) is 5.78 Å². The van der Waals surface area contributed by atoms with Gasteiger partial charge in [0.05, 0.1) is 11.3 Å². The van der Waals surface area contributed by atoms with Crippen molar-refractivity contribution in [1.29, 1.82) is 0 Å². The van der Waals surface area contributed by atoms with Crippen LogP contribution >= 0.6 is 23.2 Å². The zero-order valence-electron chi connectivity index (χ0n) is 11.9. The van der Waals surface area contributed by atoms with Crippen molar-refractivity contribution in [2.75, 3.05) is 5.75 Å². The Balaban J connectivity index is 2.24. The van der Waals surface area contributed by atoms with Crippen LogP contribution in [0.4, 0.5) is 0 Å². The van der Waals surface area contributed by atoms with Crippen LogP contribution in [0.5, 0.6) is 0 Å². The number of Topliss-reactive ketones (excluding diaryl/α,β-unsaturated/α-hetero) is 1. The van der Waals surface area contributed by atoms with Crippen molar-refractivity contribution < 1.29 is 4.79 Å². The molecular weight excluding hydrogens is 323 g/mol. The molecule has 1 aliphatic heterocycles. The zero-order valence-corrected chi connectivity index (χ0v) is 14.3. The van der Waals surface area contributed by atoms with Gasteiger partial charge in [0, 0.05) is 10.1 Å². The number of hydrogen-bond acceptors (Lipinski definition) is 1. The van der Waals surface area contributed by atoms with Gasteiger partial charge in [0.2, 0.25) is 0 Å². The van der Waals surface area contributed by atoms with E-state index < -0.39 is 10.5 Å². The number of carbonyl (C=O) groups excluding carboxylic acids is 1. The lowest BCUT2D eigenvalue weighted by molar-refractivity contribution is 0.0969. The van der Waals surface area contributed by atoms with Gasteiger partial charge in [-0.2, -0.15) is 0 Å². The third-order valence-electron chi connectivity index (χ3n) is 3.71. The first-order chi connectivity index (χ1) is 9.97. The number of hydrogen-bond donors (Lipinski definition) is 0. The molecule has 0 saturated carbocycles. The molecule has 1 heterocycles. The van der Waals surface area contributed by atoms with Crippen LogP contribution in [-0.2, 0) is 10.5 Å². The molecule has 1 aromatic rings. The van der Waals surface area contributed by atoms with Crippen LogP contribution in [0.2, 0.25) is 5.02 Å². The fourth-order valence-electron chi connectivity index (χ4n) is 2.85. The third-order valence-corrected chi connectivity index (χ3v) is 7.32. The Bertz CT molecular complexity index is 714. The Kier molecular flexibility index (Phi) is 4.13. The van der Waals surface area contributed by atoms with Gasteiger partial charge in [0.25, 0.3) is 0 Å². The molecular formula is C17H17Cl2OS+. The lowest BCUT2D eigenvalue weighted by Gasteiger charge is -2.25. The van der Waals surface area contributed by atoms with Crippen molar-refractivity contribution in [3.05, 3.63) is 52.0 Å². The number of carbonyl (C=O) groups is 1. The van der Waals surface area contributed by atoms with Crippen molar-refractivity contribution in [3.8, 4) is 0 Å². The molecule has 4 heteroatoms. The molecule has 1 aromatic carbocycles. The van der Waals surface area contributed by atoms with E-state index in [1.54, 1.807) is 0 Å². The first-order valence-electron chi connectivity index (χ1n) is 7.01. The van der Waals surface area contributed by atoms with Crippen molar-refractivity contribution in [3.63, 3.8) is 0 Å². The molecule has 2 aliphatic rings. The number of halogens is 2. The monoisotopic (exact) mass is 339 g/mol. The van der Waals surface area contributed by atoms with Crippen molar-refractivity contribution in [1.82, 2.24) is 0 Å². The molecule has 0 spiro atoms. The Hall–Kier alpha value is -0.830. The summed E-state index contributed by atoms with van der Waals surface area (Å²) >= 11 is 12.2. The van der Waals surface area contributed by atoms with E-state index in [4.69, 9.17) is 23.2 Å². The lowest BCUT2D eigenvalue weighted by atomic mass is 9.91. The molecule has 110 valence electrons. The van der Waals surface area contributed by atoms with E-state index in [0.717, 1.165) is 16.2 Å². The Morgan fingerprint density at radius 1 is 1.24 bits per heavy atom. The van der Waals surface area contributed by atoms with E-state index in [2.05, 4.69) is 19.9 Å². The number of allylic oxidation sites excluding steroid dienone is 4. The molecule has 0 radical (unpaired) electrons. The summed E-state index contributed by atoms with van der Waals surface area (Å²) in [6.45, 7) is 4.44. The normalized spacial score (nSPS) is 24.0. The SMILES string of the molecule is CC(C)C[SH+]1=C2C=CC(Cl)=CC2C(=O)c2cc(Cl)ccc21. The Labute approximate surface area is 137 Å². The summed E-state index contributed by atoms with van der Waals surface area (Å²) < 4.78 is 0. The van der Waals surface area contributed by atoms with Crippen LogP contribution in [0, 0.1) is 11.8 Å². The van der Waals surface area contributed by atoms with Crippen LogP contribution in [0.25, 0.3) is 0 Å². The van der Waals surface area contributed by atoms with Gasteiger partial charge >= 0.3 is 0 Å². The molecule has 2 unspecified atom stereocenters. The number of benzene rings is 1. The number of rotatable bonds is 2. The van der Waals surface area contributed by atoms with Crippen LogP contribution in [0.3, 0.4) is 0 Å². The maximum Gasteiger partial charge on any atom is 0.183 e. The minimum atomic E-state index is -0.495. The number of ketones is 1. The average molecular weight is 340 g/mol. The summed E-state index contributed by atoms with van der Waals surface area (Å²) in [5, 5.41) is 1.26. The summed E-state index contributed by atoms with van der Waals surface area (Å²) in [6, 6.07) is 5.73. The van der Waals surface area contributed by atoms with Crippen LogP contribution < -0.4 is 0 Å². The molecule has 1 nitrogen and oxygen atoms in total. The number of thiol groups is 1. The summed E-state index contributed by atoms with van der Waals surface area (Å²) in [5.74, 6) is 1.57. The molecule has 1 aliphatic carbocycles. The average Bonchev–Trinajstić information content (AvgIpc) is 2.43. The summed E-state index contributed by atoms with van der Waals surface area (Å²) in [7, 11) is -0.495. The summed E-state index contributed by atoms with van der Waals surface area (Å²) in [6.07, 6.45) is 5.83. The molecule has 0 amide bonds. The van der Waals surface area contributed by atoms with Gasteiger partial charge in [-0.25, -0.2) is 0 Å². The molecule has 0 N–H and O–H groups in total. The van der Waals surface area contributed by atoms with Crippen LogP contribution in [-0.4, -0.2) is 16.4 Å². The zero-order chi connectivity index (χ0) is 15.1. The molecule has 0 saturated heterocycles. The van der Waals surface area contributed by atoms with Crippen molar-refractivity contribution in [2.45, 2.75) is 18.7 Å². The predicted molar refractivity (Wildman–Crippen MR) is 94.1 cm³/mol.